The quantitative estimate of drug-likeness (QED) is 0.234. The molecule has 0 aliphatic carbocycles. The van der Waals surface area contributed by atoms with Crippen LogP contribution in [0.3, 0.4) is 0 Å². The molecule has 37 heavy (non-hydrogen) atoms. The van der Waals surface area contributed by atoms with Gasteiger partial charge in [0.05, 0.1) is 6.04 Å². The number of aromatic amines is 1. The third kappa shape index (κ3) is 4.94. The van der Waals surface area contributed by atoms with E-state index in [9.17, 15) is 9.90 Å². The number of hydrogen-bond donors (Lipinski definition) is 2. The number of H-pyrrole nitrogens is 1. The Morgan fingerprint density at radius 2 is 1.89 bits per heavy atom. The highest BCUT2D eigenvalue weighted by atomic mass is 35.5. The number of nitrogens with one attached hydrogen (secondary N) is 1. The standard InChI is InChI=1S/C30H30ClN3O3/c1-3-4-8-14-34-29(21-12-9-13-22(16-21)37-18-20-10-6-5-7-11-20)26-27(32-33-28(26)30(34)36)23-17-24(31)19(2)15-25(23)35/h5-7,9-13,15-17,29,35H,3-4,8,14,18H2,1-2H3,(H,32,33). The van der Waals surface area contributed by atoms with E-state index in [0.717, 1.165) is 47.3 Å². The van der Waals surface area contributed by atoms with Gasteiger partial charge in [0.25, 0.3) is 5.91 Å². The van der Waals surface area contributed by atoms with Crippen molar-refractivity contribution < 1.29 is 14.6 Å². The summed E-state index contributed by atoms with van der Waals surface area (Å²) in [7, 11) is 0. The molecule has 2 N–H and O–H groups in total. The maximum absolute atomic E-state index is 13.6. The molecule has 4 aromatic rings. The maximum atomic E-state index is 13.6. The summed E-state index contributed by atoms with van der Waals surface area (Å²) < 4.78 is 6.10. The van der Waals surface area contributed by atoms with Crippen molar-refractivity contribution in [3.05, 3.63) is 99.7 Å². The summed E-state index contributed by atoms with van der Waals surface area (Å²) in [6.07, 6.45) is 2.99. The zero-order chi connectivity index (χ0) is 25.9. The molecule has 0 saturated carbocycles. The van der Waals surface area contributed by atoms with Crippen LogP contribution in [0, 0.1) is 6.92 Å². The molecule has 1 aliphatic heterocycles. The van der Waals surface area contributed by atoms with Crippen LogP contribution >= 0.6 is 11.6 Å². The van der Waals surface area contributed by atoms with Gasteiger partial charge in [-0.3, -0.25) is 9.89 Å². The fourth-order valence-corrected chi connectivity index (χ4v) is 5.05. The van der Waals surface area contributed by atoms with Crippen LogP contribution in [-0.2, 0) is 6.61 Å². The number of carbonyl (C=O) groups is 1. The Kier molecular flexibility index (Phi) is 7.19. The van der Waals surface area contributed by atoms with E-state index in [1.807, 2.05) is 66.4 Å². The van der Waals surface area contributed by atoms with Crippen molar-refractivity contribution in [2.45, 2.75) is 45.8 Å². The van der Waals surface area contributed by atoms with Gasteiger partial charge >= 0.3 is 0 Å². The first-order chi connectivity index (χ1) is 18.0. The molecule has 0 saturated heterocycles. The van der Waals surface area contributed by atoms with Gasteiger partial charge in [-0.05, 0) is 54.3 Å². The molecule has 2 heterocycles. The van der Waals surface area contributed by atoms with E-state index in [2.05, 4.69) is 17.1 Å². The van der Waals surface area contributed by atoms with E-state index in [4.69, 9.17) is 16.3 Å². The molecular weight excluding hydrogens is 486 g/mol. The molecule has 5 rings (SSSR count). The number of ether oxygens (including phenoxy) is 1. The van der Waals surface area contributed by atoms with E-state index in [0.29, 0.717) is 35.1 Å². The van der Waals surface area contributed by atoms with E-state index in [1.54, 1.807) is 12.1 Å². The molecule has 190 valence electrons. The van der Waals surface area contributed by atoms with Crippen LogP contribution in [0.5, 0.6) is 11.5 Å². The van der Waals surface area contributed by atoms with E-state index in [1.165, 1.54) is 0 Å². The number of unbranched alkanes of at least 4 members (excludes halogenated alkanes) is 2. The number of amides is 1. The van der Waals surface area contributed by atoms with Crippen molar-refractivity contribution in [2.75, 3.05) is 6.54 Å². The predicted octanol–water partition coefficient (Wildman–Crippen LogP) is 7.06. The molecule has 1 atom stereocenters. The lowest BCUT2D eigenvalue weighted by Gasteiger charge is -2.27. The molecule has 1 aliphatic rings. The molecule has 3 aromatic carbocycles. The number of rotatable bonds is 9. The van der Waals surface area contributed by atoms with Gasteiger partial charge in [0.2, 0.25) is 0 Å². The lowest BCUT2D eigenvalue weighted by Crippen LogP contribution is -2.30. The maximum Gasteiger partial charge on any atom is 0.273 e. The molecular formula is C30H30ClN3O3. The number of halogens is 1. The average molecular weight is 516 g/mol. The highest BCUT2D eigenvalue weighted by molar-refractivity contribution is 6.31. The number of nitrogens with zero attached hydrogens (tertiary/aromatic N) is 2. The van der Waals surface area contributed by atoms with Crippen molar-refractivity contribution >= 4 is 17.5 Å². The van der Waals surface area contributed by atoms with Gasteiger partial charge in [-0.25, -0.2) is 0 Å². The van der Waals surface area contributed by atoms with Crippen molar-refractivity contribution in [3.63, 3.8) is 0 Å². The highest BCUT2D eigenvalue weighted by Crippen LogP contribution is 2.45. The zero-order valence-electron chi connectivity index (χ0n) is 21.0. The van der Waals surface area contributed by atoms with Gasteiger partial charge in [-0.15, -0.1) is 0 Å². The van der Waals surface area contributed by atoms with Gasteiger partial charge in [0.15, 0.2) is 0 Å². The summed E-state index contributed by atoms with van der Waals surface area (Å²) in [5, 5.41) is 18.7. The Balaban J connectivity index is 1.55. The van der Waals surface area contributed by atoms with Crippen LogP contribution in [-0.4, -0.2) is 32.7 Å². The fourth-order valence-electron chi connectivity index (χ4n) is 4.88. The number of fused-ring (bicyclic) bond motifs is 1. The van der Waals surface area contributed by atoms with Gasteiger partial charge in [0.1, 0.15) is 29.5 Å². The van der Waals surface area contributed by atoms with Crippen molar-refractivity contribution in [1.29, 1.82) is 0 Å². The lowest BCUT2D eigenvalue weighted by atomic mass is 9.95. The molecule has 1 aromatic heterocycles. The SMILES string of the molecule is CCCCCN1C(=O)c2[nH]nc(-c3cc(Cl)c(C)cc3O)c2C1c1cccc(OCc2ccccc2)c1. The molecule has 0 fully saturated rings. The molecule has 1 amide bonds. The van der Waals surface area contributed by atoms with Crippen molar-refractivity contribution in [1.82, 2.24) is 15.1 Å². The monoisotopic (exact) mass is 515 g/mol. The summed E-state index contributed by atoms with van der Waals surface area (Å²) in [4.78, 5) is 15.4. The van der Waals surface area contributed by atoms with E-state index in [-0.39, 0.29) is 17.7 Å². The summed E-state index contributed by atoms with van der Waals surface area (Å²) in [5.41, 5.74) is 5.00. The Morgan fingerprint density at radius 1 is 1.08 bits per heavy atom. The number of phenols is 1. The Labute approximate surface area is 221 Å². The van der Waals surface area contributed by atoms with Gasteiger partial charge in [-0.2, -0.15) is 5.10 Å². The summed E-state index contributed by atoms with van der Waals surface area (Å²) in [6, 6.07) is 20.8. The molecule has 7 heteroatoms. The molecule has 0 bridgehead atoms. The van der Waals surface area contributed by atoms with Crippen LogP contribution in [0.15, 0.2) is 66.7 Å². The van der Waals surface area contributed by atoms with Gasteiger partial charge in [0, 0.05) is 22.7 Å². The first kappa shape index (κ1) is 24.9. The number of aromatic nitrogens is 2. The molecule has 0 spiro atoms. The molecule has 6 nitrogen and oxygen atoms in total. The van der Waals surface area contributed by atoms with Crippen molar-refractivity contribution in [3.8, 4) is 22.8 Å². The van der Waals surface area contributed by atoms with E-state index < -0.39 is 0 Å². The second-order valence-corrected chi connectivity index (χ2v) is 9.84. The first-order valence-corrected chi connectivity index (χ1v) is 13.0. The third-order valence-electron chi connectivity index (χ3n) is 6.82. The van der Waals surface area contributed by atoms with Crippen molar-refractivity contribution in [2.24, 2.45) is 0 Å². The van der Waals surface area contributed by atoms with Crippen LogP contribution < -0.4 is 4.74 Å². The smallest absolute Gasteiger partial charge is 0.273 e. The highest BCUT2D eigenvalue weighted by Gasteiger charge is 2.42. The number of phenolic OH excluding ortho intramolecular Hbond substituents is 1. The minimum Gasteiger partial charge on any atom is -0.507 e. The Morgan fingerprint density at radius 3 is 2.68 bits per heavy atom. The predicted molar refractivity (Wildman–Crippen MR) is 145 cm³/mol. The Hall–Kier alpha value is -3.77. The number of aromatic hydroxyl groups is 1. The largest absolute Gasteiger partial charge is 0.507 e. The third-order valence-corrected chi connectivity index (χ3v) is 7.23. The molecule has 0 radical (unpaired) electrons. The zero-order valence-corrected chi connectivity index (χ0v) is 21.8. The summed E-state index contributed by atoms with van der Waals surface area (Å²) in [6.45, 7) is 5.05. The summed E-state index contributed by atoms with van der Waals surface area (Å²) >= 11 is 6.41. The van der Waals surface area contributed by atoms with E-state index >= 15 is 0 Å². The normalized spacial score (nSPS) is 14.7. The number of carbonyl (C=O) groups excluding carboxylic acids is 1. The van der Waals surface area contributed by atoms with Gasteiger partial charge in [-0.1, -0.05) is 73.8 Å². The van der Waals surface area contributed by atoms with Crippen LogP contribution in [0.1, 0.15) is 65.0 Å². The van der Waals surface area contributed by atoms with Gasteiger partial charge < -0.3 is 14.7 Å². The fraction of sp³-hybridized carbons (Fsp3) is 0.267. The Bertz CT molecular complexity index is 1420. The number of benzene rings is 3. The minimum atomic E-state index is -0.368. The molecule has 1 unspecified atom stereocenters. The lowest BCUT2D eigenvalue weighted by molar-refractivity contribution is 0.0740. The van der Waals surface area contributed by atoms with Crippen LogP contribution in [0.4, 0.5) is 0 Å². The topological polar surface area (TPSA) is 78.5 Å². The number of hydrogen-bond acceptors (Lipinski definition) is 4. The second-order valence-electron chi connectivity index (χ2n) is 9.43. The summed E-state index contributed by atoms with van der Waals surface area (Å²) in [5.74, 6) is 0.706. The average Bonchev–Trinajstić information content (AvgIpc) is 3.45. The number of aryl methyl sites for hydroxylation is 1. The first-order valence-electron chi connectivity index (χ1n) is 12.6. The minimum absolute atomic E-state index is 0.0757. The van der Waals surface area contributed by atoms with Crippen LogP contribution in [0.25, 0.3) is 11.3 Å². The van der Waals surface area contributed by atoms with Crippen LogP contribution in [0.2, 0.25) is 5.02 Å². The second kappa shape index (κ2) is 10.7.